The maximum Gasteiger partial charge on any atom is 0.314 e. The molecule has 0 amide bonds. The van der Waals surface area contributed by atoms with E-state index in [1.807, 2.05) is 20.8 Å². The van der Waals surface area contributed by atoms with E-state index in [-0.39, 0.29) is 11.9 Å². The monoisotopic (exact) mass is 260 g/mol. The molecule has 0 aliphatic heterocycles. The van der Waals surface area contributed by atoms with E-state index in [4.69, 9.17) is 14.2 Å². The van der Waals surface area contributed by atoms with Gasteiger partial charge in [0.15, 0.2) is 6.29 Å². The molecule has 4 nitrogen and oxygen atoms in total. The molecule has 0 aliphatic carbocycles. The highest BCUT2D eigenvalue weighted by Crippen LogP contribution is 2.24. The molecule has 0 heterocycles. The van der Waals surface area contributed by atoms with Crippen LogP contribution in [0.2, 0.25) is 0 Å². The van der Waals surface area contributed by atoms with Crippen LogP contribution in [0.25, 0.3) is 0 Å². The SMILES string of the molecule is CCC(C)CC(C(=O)OC(C)(C)C)C(OC)OC. The van der Waals surface area contributed by atoms with E-state index in [1.165, 1.54) is 0 Å². The van der Waals surface area contributed by atoms with Crippen LogP contribution in [0.15, 0.2) is 0 Å². The molecule has 0 fully saturated rings. The van der Waals surface area contributed by atoms with E-state index in [9.17, 15) is 4.79 Å². The van der Waals surface area contributed by atoms with Gasteiger partial charge < -0.3 is 14.2 Å². The highest BCUT2D eigenvalue weighted by Gasteiger charge is 2.33. The van der Waals surface area contributed by atoms with Crippen LogP contribution in [0.3, 0.4) is 0 Å². The van der Waals surface area contributed by atoms with Gasteiger partial charge in [0.2, 0.25) is 0 Å². The number of rotatable bonds is 7. The van der Waals surface area contributed by atoms with Crippen molar-refractivity contribution in [1.29, 1.82) is 0 Å². The molecule has 108 valence electrons. The normalized spacial score (nSPS) is 15.6. The van der Waals surface area contributed by atoms with E-state index < -0.39 is 11.9 Å². The molecule has 0 aromatic rings. The maximum atomic E-state index is 12.2. The van der Waals surface area contributed by atoms with E-state index in [0.717, 1.165) is 6.42 Å². The van der Waals surface area contributed by atoms with Crippen molar-refractivity contribution in [2.24, 2.45) is 11.8 Å². The van der Waals surface area contributed by atoms with Crippen LogP contribution >= 0.6 is 0 Å². The second kappa shape index (κ2) is 7.74. The standard InChI is InChI=1S/C14H28O4/c1-8-10(2)9-11(13(16-6)17-7)12(15)18-14(3,4)5/h10-11,13H,8-9H2,1-7H3. The molecule has 0 aromatic carbocycles. The number of ether oxygens (including phenoxy) is 3. The first-order chi connectivity index (χ1) is 8.25. The Bertz CT molecular complexity index is 241. The average molecular weight is 260 g/mol. The molecular formula is C14H28O4. The van der Waals surface area contributed by atoms with Crippen LogP contribution in [0.5, 0.6) is 0 Å². The number of hydrogen-bond donors (Lipinski definition) is 0. The van der Waals surface area contributed by atoms with Gasteiger partial charge in [-0.25, -0.2) is 0 Å². The number of carbonyl (C=O) groups excluding carboxylic acids is 1. The molecule has 4 heteroatoms. The van der Waals surface area contributed by atoms with Gasteiger partial charge in [-0.2, -0.15) is 0 Å². The van der Waals surface area contributed by atoms with Crippen LogP contribution in [-0.2, 0) is 19.0 Å². The fourth-order valence-corrected chi connectivity index (χ4v) is 1.72. The second-order valence-corrected chi connectivity index (χ2v) is 5.73. The van der Waals surface area contributed by atoms with Gasteiger partial charge >= 0.3 is 5.97 Å². The Morgan fingerprint density at radius 2 is 1.67 bits per heavy atom. The molecule has 0 saturated heterocycles. The first-order valence-corrected chi connectivity index (χ1v) is 6.53. The summed E-state index contributed by atoms with van der Waals surface area (Å²) in [7, 11) is 3.09. The molecule has 2 atom stereocenters. The summed E-state index contributed by atoms with van der Waals surface area (Å²) in [6, 6.07) is 0. The van der Waals surface area contributed by atoms with Gasteiger partial charge in [0.05, 0.1) is 0 Å². The minimum atomic E-state index is -0.547. The summed E-state index contributed by atoms with van der Waals surface area (Å²) in [5, 5.41) is 0. The summed E-state index contributed by atoms with van der Waals surface area (Å²) in [5.74, 6) is -0.207. The number of methoxy groups -OCH3 is 2. The summed E-state index contributed by atoms with van der Waals surface area (Å²) < 4.78 is 15.9. The Morgan fingerprint density at radius 3 is 2.00 bits per heavy atom. The van der Waals surface area contributed by atoms with Crippen molar-refractivity contribution < 1.29 is 19.0 Å². The highest BCUT2D eigenvalue weighted by molar-refractivity contribution is 5.73. The van der Waals surface area contributed by atoms with E-state index in [0.29, 0.717) is 12.3 Å². The lowest BCUT2D eigenvalue weighted by Gasteiger charge is -2.29. The van der Waals surface area contributed by atoms with E-state index in [1.54, 1.807) is 14.2 Å². The molecular weight excluding hydrogens is 232 g/mol. The minimum absolute atomic E-state index is 0.253. The van der Waals surface area contributed by atoms with Crippen molar-refractivity contribution in [2.45, 2.75) is 59.4 Å². The molecule has 0 aliphatic rings. The van der Waals surface area contributed by atoms with Crippen molar-refractivity contribution in [3.8, 4) is 0 Å². The lowest BCUT2D eigenvalue weighted by Crippen LogP contribution is -2.37. The predicted octanol–water partition coefficient (Wildman–Crippen LogP) is 3.00. The molecule has 0 radical (unpaired) electrons. The number of esters is 1. The minimum Gasteiger partial charge on any atom is -0.460 e. The van der Waals surface area contributed by atoms with Crippen LogP contribution in [-0.4, -0.2) is 32.1 Å². The van der Waals surface area contributed by atoms with Crippen LogP contribution in [0, 0.1) is 11.8 Å². The lowest BCUT2D eigenvalue weighted by molar-refractivity contribution is -0.187. The predicted molar refractivity (Wildman–Crippen MR) is 71.2 cm³/mol. The Labute approximate surface area is 111 Å². The Balaban J connectivity index is 4.79. The van der Waals surface area contributed by atoms with Crippen molar-refractivity contribution >= 4 is 5.97 Å². The van der Waals surface area contributed by atoms with Gasteiger partial charge in [-0.15, -0.1) is 0 Å². The average Bonchev–Trinajstić information content (AvgIpc) is 2.26. The molecule has 18 heavy (non-hydrogen) atoms. The van der Waals surface area contributed by atoms with Crippen molar-refractivity contribution in [2.75, 3.05) is 14.2 Å². The largest absolute Gasteiger partial charge is 0.460 e. The van der Waals surface area contributed by atoms with Gasteiger partial charge in [-0.3, -0.25) is 4.79 Å². The zero-order valence-corrected chi connectivity index (χ0v) is 12.8. The van der Waals surface area contributed by atoms with Gasteiger partial charge in [0.1, 0.15) is 11.5 Å². The summed E-state index contributed by atoms with van der Waals surface area (Å²) in [5.41, 5.74) is -0.489. The first-order valence-electron chi connectivity index (χ1n) is 6.53. The fourth-order valence-electron chi connectivity index (χ4n) is 1.72. The fraction of sp³-hybridized carbons (Fsp3) is 0.929. The van der Waals surface area contributed by atoms with Crippen molar-refractivity contribution in [1.82, 2.24) is 0 Å². The van der Waals surface area contributed by atoms with Gasteiger partial charge in [-0.05, 0) is 33.1 Å². The summed E-state index contributed by atoms with van der Waals surface area (Å²) in [4.78, 5) is 12.2. The smallest absolute Gasteiger partial charge is 0.314 e. The molecule has 0 saturated carbocycles. The van der Waals surface area contributed by atoms with Crippen molar-refractivity contribution in [3.63, 3.8) is 0 Å². The Morgan fingerprint density at radius 1 is 1.17 bits per heavy atom. The van der Waals surface area contributed by atoms with E-state index in [2.05, 4.69) is 13.8 Å². The zero-order valence-electron chi connectivity index (χ0n) is 12.8. The first kappa shape index (κ1) is 17.4. The van der Waals surface area contributed by atoms with Crippen molar-refractivity contribution in [3.05, 3.63) is 0 Å². The summed E-state index contributed by atoms with van der Waals surface area (Å²) in [6.45, 7) is 9.80. The van der Waals surface area contributed by atoms with Gasteiger partial charge in [0, 0.05) is 14.2 Å². The van der Waals surface area contributed by atoms with Crippen LogP contribution < -0.4 is 0 Å². The third kappa shape index (κ3) is 6.36. The molecule has 0 rings (SSSR count). The third-order valence-electron chi connectivity index (χ3n) is 2.86. The zero-order chi connectivity index (χ0) is 14.3. The van der Waals surface area contributed by atoms with Gasteiger partial charge in [-0.1, -0.05) is 20.3 Å². The molecule has 0 bridgehead atoms. The molecule has 0 aromatic heterocycles. The summed E-state index contributed by atoms with van der Waals surface area (Å²) in [6.07, 6.45) is 1.17. The molecule has 2 unspecified atom stereocenters. The molecule has 0 N–H and O–H groups in total. The quantitative estimate of drug-likeness (QED) is 0.521. The summed E-state index contributed by atoms with van der Waals surface area (Å²) >= 11 is 0. The van der Waals surface area contributed by atoms with Crippen LogP contribution in [0.1, 0.15) is 47.5 Å². The Hall–Kier alpha value is -0.610. The maximum absolute atomic E-state index is 12.2. The van der Waals surface area contributed by atoms with E-state index >= 15 is 0 Å². The topological polar surface area (TPSA) is 44.8 Å². The lowest BCUT2D eigenvalue weighted by atomic mass is 9.93. The number of carbonyl (C=O) groups is 1. The second-order valence-electron chi connectivity index (χ2n) is 5.73. The number of hydrogen-bond acceptors (Lipinski definition) is 4. The third-order valence-corrected chi connectivity index (χ3v) is 2.86. The van der Waals surface area contributed by atoms with Gasteiger partial charge in [0.25, 0.3) is 0 Å². The van der Waals surface area contributed by atoms with Crippen LogP contribution in [0.4, 0.5) is 0 Å². The molecule has 0 spiro atoms. The highest BCUT2D eigenvalue weighted by atomic mass is 16.7. The Kier molecular flexibility index (Phi) is 7.48.